The van der Waals surface area contributed by atoms with Gasteiger partial charge in [0, 0.05) is 30.5 Å². The Morgan fingerprint density at radius 1 is 1.05 bits per heavy atom. The van der Waals surface area contributed by atoms with Gasteiger partial charge in [0.25, 0.3) is 0 Å². The summed E-state index contributed by atoms with van der Waals surface area (Å²) in [5, 5.41) is 15.6. The van der Waals surface area contributed by atoms with Gasteiger partial charge in [-0.25, -0.2) is 0 Å². The van der Waals surface area contributed by atoms with Crippen molar-refractivity contribution >= 4 is 29.5 Å². The van der Waals surface area contributed by atoms with E-state index in [1.165, 1.54) is 0 Å². The first-order valence-corrected chi connectivity index (χ1v) is 15.5. The molecule has 4 rings (SSSR count). The molecule has 216 valence electrons. The summed E-state index contributed by atoms with van der Waals surface area (Å²) in [7, 11) is 0. The second kappa shape index (κ2) is 11.8. The monoisotopic (exact) mass is 557 g/mol. The van der Waals surface area contributed by atoms with Crippen LogP contribution in [0.25, 0.3) is 0 Å². The fourth-order valence-electron chi connectivity index (χ4n) is 7.42. The molecule has 2 unspecified atom stereocenters. The second-order valence-corrected chi connectivity index (χ2v) is 15.1. The van der Waals surface area contributed by atoms with E-state index in [0.717, 1.165) is 50.5 Å². The van der Waals surface area contributed by atoms with Crippen LogP contribution in [0.2, 0.25) is 0 Å². The number of fused-ring (bicyclic) bond motifs is 1. The first-order chi connectivity index (χ1) is 18.4. The number of nitrogens with one attached hydrogen (secondary N) is 2. The highest BCUT2D eigenvalue weighted by atomic mass is 32.2. The number of carbonyl (C=O) groups is 3. The lowest BCUT2D eigenvalue weighted by Gasteiger charge is -2.39. The van der Waals surface area contributed by atoms with Gasteiger partial charge in [0.2, 0.25) is 17.7 Å². The largest absolute Gasteiger partial charge is 0.396 e. The van der Waals surface area contributed by atoms with Crippen molar-refractivity contribution in [1.29, 1.82) is 0 Å². The lowest BCUT2D eigenvalue weighted by atomic mass is 9.70. The van der Waals surface area contributed by atoms with Crippen LogP contribution in [0, 0.1) is 17.3 Å². The summed E-state index contributed by atoms with van der Waals surface area (Å²) in [6, 6.07) is 9.24. The summed E-state index contributed by atoms with van der Waals surface area (Å²) in [4.78, 5) is 43.6. The van der Waals surface area contributed by atoms with Crippen molar-refractivity contribution in [2.45, 2.75) is 108 Å². The van der Waals surface area contributed by atoms with E-state index in [0.29, 0.717) is 13.1 Å². The molecule has 0 aliphatic carbocycles. The maximum Gasteiger partial charge on any atom is 0.244 e. The van der Waals surface area contributed by atoms with Gasteiger partial charge in [0.05, 0.1) is 16.6 Å². The van der Waals surface area contributed by atoms with E-state index in [9.17, 15) is 14.4 Å². The van der Waals surface area contributed by atoms with Crippen LogP contribution in [-0.2, 0) is 20.9 Å². The first-order valence-electron chi connectivity index (χ1n) is 14.6. The molecule has 0 aromatic heterocycles. The zero-order valence-electron chi connectivity index (χ0n) is 24.3. The number of hydrogen-bond donors (Lipinski definition) is 3. The van der Waals surface area contributed by atoms with Gasteiger partial charge in [0.15, 0.2) is 0 Å². The van der Waals surface area contributed by atoms with Crippen molar-refractivity contribution in [3.05, 3.63) is 35.9 Å². The zero-order chi connectivity index (χ0) is 28.4. The average molecular weight is 558 g/mol. The predicted octanol–water partition coefficient (Wildman–Crippen LogP) is 4.28. The van der Waals surface area contributed by atoms with Gasteiger partial charge in [-0.1, -0.05) is 63.9 Å². The number of hydrogen-bond acceptors (Lipinski definition) is 5. The fraction of sp³-hybridized carbons (Fsp3) is 0.710. The van der Waals surface area contributed by atoms with Gasteiger partial charge < -0.3 is 20.6 Å². The molecule has 3 aliphatic rings. The van der Waals surface area contributed by atoms with Crippen LogP contribution in [0.5, 0.6) is 0 Å². The summed E-state index contributed by atoms with van der Waals surface area (Å²) >= 11 is 1.72. The molecule has 5 atom stereocenters. The standard InChI is InChI=1S/C31H47N3O4S/c1-29(2,3)20-30(4,5)33-27(37)25-31-16-15-22(39-31)23(26(36)32-19-21-13-9-8-10-14-21)24(31)28(38)34(25)17-11-6-7-12-18-35/h8-10,13-14,22-25,35H,6-7,11-12,15-20H2,1-5H3,(H,32,36)(H,33,37)/t22-,23+,24+,25?,31?/m1/s1. The minimum atomic E-state index is -0.575. The third kappa shape index (κ3) is 6.48. The van der Waals surface area contributed by atoms with Crippen LogP contribution in [0.15, 0.2) is 30.3 Å². The van der Waals surface area contributed by atoms with E-state index in [1.54, 1.807) is 16.7 Å². The average Bonchev–Trinajstić information content (AvgIpc) is 3.48. The Balaban J connectivity index is 1.57. The van der Waals surface area contributed by atoms with Crippen LogP contribution in [0.4, 0.5) is 0 Å². The van der Waals surface area contributed by atoms with Crippen molar-refractivity contribution in [1.82, 2.24) is 15.5 Å². The Morgan fingerprint density at radius 2 is 1.74 bits per heavy atom. The summed E-state index contributed by atoms with van der Waals surface area (Å²) in [5.74, 6) is -1.10. The predicted molar refractivity (Wildman–Crippen MR) is 156 cm³/mol. The molecule has 1 aromatic rings. The molecule has 8 heteroatoms. The number of amides is 3. The summed E-state index contributed by atoms with van der Waals surface area (Å²) in [6.07, 6.45) is 5.74. The number of likely N-dealkylation sites (tertiary alicyclic amines) is 1. The number of benzene rings is 1. The van der Waals surface area contributed by atoms with E-state index >= 15 is 0 Å². The third-order valence-corrected chi connectivity index (χ3v) is 10.4. The SMILES string of the molecule is CC(C)(C)CC(C)(C)NC(=O)C1N(CCCCCCO)C(=O)[C@@H]2[C@@H](C(=O)NCc3ccccc3)[C@H]3CCC12S3. The maximum atomic E-state index is 14.1. The molecule has 0 radical (unpaired) electrons. The summed E-state index contributed by atoms with van der Waals surface area (Å²) in [5.41, 5.74) is 0.642. The quantitative estimate of drug-likeness (QED) is 0.333. The molecular weight excluding hydrogens is 510 g/mol. The number of aliphatic hydroxyl groups excluding tert-OH is 1. The lowest BCUT2D eigenvalue weighted by Crippen LogP contribution is -2.58. The third-order valence-electron chi connectivity index (χ3n) is 8.40. The number of carbonyl (C=O) groups excluding carboxylic acids is 3. The molecule has 3 fully saturated rings. The second-order valence-electron chi connectivity index (χ2n) is 13.5. The van der Waals surface area contributed by atoms with Gasteiger partial charge in [-0.05, 0) is 56.9 Å². The molecule has 39 heavy (non-hydrogen) atoms. The molecule has 1 spiro atoms. The Hall–Kier alpha value is -2.06. The number of rotatable bonds is 12. The summed E-state index contributed by atoms with van der Waals surface area (Å²) in [6.45, 7) is 11.7. The van der Waals surface area contributed by atoms with Crippen molar-refractivity contribution in [3.8, 4) is 0 Å². The van der Waals surface area contributed by atoms with E-state index < -0.39 is 28.2 Å². The Morgan fingerprint density at radius 3 is 2.41 bits per heavy atom. The number of aliphatic hydroxyl groups is 1. The molecule has 3 N–H and O–H groups in total. The van der Waals surface area contributed by atoms with Crippen molar-refractivity contribution in [2.24, 2.45) is 17.3 Å². The minimum absolute atomic E-state index is 0.0397. The molecular formula is C31H47N3O4S. The Kier molecular flexibility index (Phi) is 9.06. The van der Waals surface area contributed by atoms with Gasteiger partial charge in [-0.2, -0.15) is 0 Å². The van der Waals surface area contributed by atoms with Crippen LogP contribution in [-0.4, -0.2) is 62.5 Å². The smallest absolute Gasteiger partial charge is 0.244 e. The molecule has 3 saturated heterocycles. The normalized spacial score (nSPS) is 28.1. The minimum Gasteiger partial charge on any atom is -0.396 e. The van der Waals surface area contributed by atoms with Crippen molar-refractivity contribution in [2.75, 3.05) is 13.2 Å². The zero-order valence-corrected chi connectivity index (χ0v) is 25.1. The maximum absolute atomic E-state index is 14.1. The lowest BCUT2D eigenvalue weighted by molar-refractivity contribution is -0.140. The topological polar surface area (TPSA) is 98.7 Å². The van der Waals surface area contributed by atoms with Crippen LogP contribution >= 0.6 is 11.8 Å². The number of thioether (sulfide) groups is 1. The van der Waals surface area contributed by atoms with Gasteiger partial charge in [-0.3, -0.25) is 14.4 Å². The Bertz CT molecular complexity index is 1040. The molecule has 7 nitrogen and oxygen atoms in total. The molecule has 3 heterocycles. The van der Waals surface area contributed by atoms with Crippen LogP contribution in [0.1, 0.15) is 85.1 Å². The highest BCUT2D eigenvalue weighted by Crippen LogP contribution is 2.66. The fourth-order valence-corrected chi connectivity index (χ4v) is 9.64. The Labute approximate surface area is 238 Å². The van der Waals surface area contributed by atoms with Crippen molar-refractivity contribution in [3.63, 3.8) is 0 Å². The number of nitrogens with zero attached hydrogens (tertiary/aromatic N) is 1. The molecule has 2 bridgehead atoms. The van der Waals surface area contributed by atoms with Gasteiger partial charge in [-0.15, -0.1) is 11.8 Å². The molecule has 0 saturated carbocycles. The van der Waals surface area contributed by atoms with Gasteiger partial charge in [0.1, 0.15) is 6.04 Å². The molecule has 3 amide bonds. The first kappa shape index (κ1) is 29.9. The molecule has 3 aliphatic heterocycles. The van der Waals surface area contributed by atoms with Crippen LogP contribution in [0.3, 0.4) is 0 Å². The van der Waals surface area contributed by atoms with E-state index in [-0.39, 0.29) is 35.0 Å². The van der Waals surface area contributed by atoms with E-state index in [4.69, 9.17) is 5.11 Å². The highest BCUT2D eigenvalue weighted by Gasteiger charge is 2.73. The van der Waals surface area contributed by atoms with E-state index in [1.807, 2.05) is 30.3 Å². The van der Waals surface area contributed by atoms with Crippen molar-refractivity contribution < 1.29 is 19.5 Å². The van der Waals surface area contributed by atoms with Gasteiger partial charge >= 0.3 is 0 Å². The summed E-state index contributed by atoms with van der Waals surface area (Å²) < 4.78 is -0.566. The van der Waals surface area contributed by atoms with E-state index in [2.05, 4.69) is 45.3 Å². The van der Waals surface area contributed by atoms with Crippen LogP contribution < -0.4 is 10.6 Å². The molecule has 1 aromatic carbocycles. The number of unbranched alkanes of at least 4 members (excludes halogenated alkanes) is 3. The highest BCUT2D eigenvalue weighted by molar-refractivity contribution is 8.02.